The van der Waals surface area contributed by atoms with Crippen molar-refractivity contribution in [3.63, 3.8) is 0 Å². The largest absolute Gasteiger partial charge is 0.376 e. The molecule has 0 radical (unpaired) electrons. The van der Waals surface area contributed by atoms with E-state index in [0.29, 0.717) is 28.1 Å². The normalized spacial score (nSPS) is 14.5. The van der Waals surface area contributed by atoms with Gasteiger partial charge in [-0.15, -0.1) is 11.8 Å². The molecule has 0 aliphatic carbocycles. The van der Waals surface area contributed by atoms with Gasteiger partial charge >= 0.3 is 0 Å². The van der Waals surface area contributed by atoms with Crippen LogP contribution in [0.2, 0.25) is 5.02 Å². The zero-order valence-corrected chi connectivity index (χ0v) is 38.8. The van der Waals surface area contributed by atoms with E-state index >= 15 is 0 Å². The van der Waals surface area contributed by atoms with E-state index < -0.39 is 50.6 Å². The average Bonchev–Trinajstić information content (AvgIpc) is 3.31. The number of nitrogens with one attached hydrogen (secondary N) is 4. The first-order valence-electron chi connectivity index (χ1n) is 21.4. The van der Waals surface area contributed by atoms with E-state index in [0.717, 1.165) is 54.9 Å². The lowest BCUT2D eigenvalue weighted by Gasteiger charge is -2.36. The van der Waals surface area contributed by atoms with Gasteiger partial charge in [0.15, 0.2) is 5.82 Å². The fraction of sp³-hybridized carbons (Fsp3) is 0.277. The molecular formula is C47H51ClN10O6S2. The van der Waals surface area contributed by atoms with Crippen LogP contribution in [-0.2, 0) is 26.2 Å². The molecule has 1 aromatic heterocycles. The van der Waals surface area contributed by atoms with E-state index in [1.54, 1.807) is 13.0 Å². The van der Waals surface area contributed by atoms with Gasteiger partial charge in [-0.1, -0.05) is 66.2 Å². The predicted octanol–water partition coefficient (Wildman–Crippen LogP) is 6.91. The van der Waals surface area contributed by atoms with Gasteiger partial charge in [0.2, 0.25) is 11.8 Å². The van der Waals surface area contributed by atoms with Gasteiger partial charge in [-0.05, 0) is 91.6 Å². The van der Waals surface area contributed by atoms with Crippen LogP contribution in [0.15, 0.2) is 131 Å². The summed E-state index contributed by atoms with van der Waals surface area (Å²) in [4.78, 5) is 50.6. The number of hydrogen-bond donors (Lipinski definition) is 5. The van der Waals surface area contributed by atoms with Crippen LogP contribution in [0.5, 0.6) is 0 Å². The quantitative estimate of drug-likeness (QED) is 0.0317. The number of piperazine rings is 1. The second-order valence-corrected chi connectivity index (χ2v) is 19.2. The molecule has 0 saturated carbocycles. The number of nitrogens with zero attached hydrogens (tertiary/aromatic N) is 5. The van der Waals surface area contributed by atoms with Crippen molar-refractivity contribution in [1.29, 1.82) is 0 Å². The number of carbonyl (C=O) groups excluding carboxylic acids is 2. The number of thioether (sulfide) groups is 1. The van der Waals surface area contributed by atoms with Gasteiger partial charge in [-0.25, -0.2) is 18.4 Å². The number of halogens is 1. The molecule has 19 heteroatoms. The molecule has 7 rings (SSSR count). The van der Waals surface area contributed by atoms with Crippen molar-refractivity contribution in [1.82, 2.24) is 25.5 Å². The second-order valence-electron chi connectivity index (χ2n) is 16.0. The molecule has 344 valence electrons. The molecule has 66 heavy (non-hydrogen) atoms. The fourth-order valence-electron chi connectivity index (χ4n) is 7.50. The molecule has 6 aromatic rings. The summed E-state index contributed by atoms with van der Waals surface area (Å²) in [5.74, 6) is -0.390. The van der Waals surface area contributed by atoms with Crippen molar-refractivity contribution >= 4 is 79.0 Å². The van der Waals surface area contributed by atoms with Crippen molar-refractivity contribution in [2.24, 2.45) is 5.73 Å². The van der Waals surface area contributed by atoms with Crippen LogP contribution in [0.4, 0.5) is 22.9 Å². The van der Waals surface area contributed by atoms with Gasteiger partial charge in [0.1, 0.15) is 18.1 Å². The Hall–Kier alpha value is -6.31. The predicted molar refractivity (Wildman–Crippen MR) is 261 cm³/mol. The Bertz CT molecular complexity index is 2780. The highest BCUT2D eigenvalue weighted by Crippen LogP contribution is 2.33. The van der Waals surface area contributed by atoms with Crippen molar-refractivity contribution in [3.8, 4) is 11.1 Å². The summed E-state index contributed by atoms with van der Waals surface area (Å²) in [6.45, 7) is 7.28. The van der Waals surface area contributed by atoms with Crippen molar-refractivity contribution in [2.75, 3.05) is 53.4 Å². The second kappa shape index (κ2) is 21.8. The zero-order valence-electron chi connectivity index (χ0n) is 36.4. The molecule has 0 spiro atoms. The topological polar surface area (TPSA) is 218 Å². The Balaban J connectivity index is 1.01. The van der Waals surface area contributed by atoms with E-state index in [9.17, 15) is 28.1 Å². The Labute approximate surface area is 392 Å². The molecule has 2 amide bonds. The number of amides is 2. The van der Waals surface area contributed by atoms with Crippen LogP contribution in [0, 0.1) is 10.1 Å². The van der Waals surface area contributed by atoms with Crippen molar-refractivity contribution in [2.45, 2.75) is 54.7 Å². The lowest BCUT2D eigenvalue weighted by molar-refractivity contribution is -0.384. The maximum absolute atomic E-state index is 13.9. The number of fused-ring (bicyclic) bond motifs is 1. The molecule has 3 atom stereocenters. The summed E-state index contributed by atoms with van der Waals surface area (Å²) in [5.41, 5.74) is 10.3. The number of anilines is 3. The SMILES string of the molecule is C[C@H](N)C(=O)N[C@@H](C)C(=O)NCC[C@H](CSc1ccccc1)Nc1ccc(S(=O)(=O)Nc2ncnc3cc(N4CCN(Cc5ccccc5-c5ccc(Cl)cc5)CC4)ccc23)cc1[N+](=O)[O-]. The van der Waals surface area contributed by atoms with E-state index in [1.165, 1.54) is 48.3 Å². The summed E-state index contributed by atoms with van der Waals surface area (Å²) in [6.07, 6.45) is 1.63. The summed E-state index contributed by atoms with van der Waals surface area (Å²) in [5, 5.41) is 22.2. The lowest BCUT2D eigenvalue weighted by Crippen LogP contribution is -2.49. The highest BCUT2D eigenvalue weighted by atomic mass is 35.5. The molecule has 5 aromatic carbocycles. The van der Waals surface area contributed by atoms with Crippen LogP contribution in [-0.4, -0.2) is 96.6 Å². The Morgan fingerprint density at radius 3 is 2.35 bits per heavy atom. The number of rotatable bonds is 19. The highest BCUT2D eigenvalue weighted by Gasteiger charge is 2.26. The van der Waals surface area contributed by atoms with E-state index in [2.05, 4.69) is 58.6 Å². The minimum absolute atomic E-state index is 0.0343. The van der Waals surface area contributed by atoms with Crippen molar-refractivity contribution in [3.05, 3.63) is 142 Å². The number of nitrogens with two attached hydrogens (primary N) is 1. The third-order valence-electron chi connectivity index (χ3n) is 11.1. The first-order chi connectivity index (χ1) is 31.7. The van der Waals surface area contributed by atoms with Crippen molar-refractivity contribution < 1.29 is 22.9 Å². The number of carbonyl (C=O) groups is 2. The molecule has 6 N–H and O–H groups in total. The Morgan fingerprint density at radius 1 is 0.894 bits per heavy atom. The maximum Gasteiger partial charge on any atom is 0.293 e. The number of benzene rings is 5. The van der Waals surface area contributed by atoms with Crippen LogP contribution in [0.25, 0.3) is 22.0 Å². The van der Waals surface area contributed by atoms with E-state index in [1.807, 2.05) is 72.8 Å². The molecule has 2 heterocycles. The summed E-state index contributed by atoms with van der Waals surface area (Å²) >= 11 is 7.66. The monoisotopic (exact) mass is 950 g/mol. The lowest BCUT2D eigenvalue weighted by atomic mass is 9.99. The molecule has 1 aliphatic rings. The first kappa shape index (κ1) is 47.6. The number of sulfonamides is 1. The average molecular weight is 952 g/mol. The minimum atomic E-state index is -4.37. The summed E-state index contributed by atoms with van der Waals surface area (Å²) in [6, 6.07) is 33.1. The van der Waals surface area contributed by atoms with Crippen LogP contribution in [0.3, 0.4) is 0 Å². The van der Waals surface area contributed by atoms with Gasteiger partial charge in [-0.2, -0.15) is 0 Å². The zero-order chi connectivity index (χ0) is 46.8. The smallest absolute Gasteiger partial charge is 0.293 e. The molecule has 16 nitrogen and oxygen atoms in total. The van der Waals surface area contributed by atoms with Gasteiger partial charge in [0.05, 0.1) is 21.4 Å². The Morgan fingerprint density at radius 2 is 1.62 bits per heavy atom. The fourth-order valence-corrected chi connectivity index (χ4v) is 9.67. The van der Waals surface area contributed by atoms with Crippen LogP contribution in [0.1, 0.15) is 25.8 Å². The van der Waals surface area contributed by atoms with Gasteiger partial charge in [-0.3, -0.25) is 29.3 Å². The van der Waals surface area contributed by atoms with Gasteiger partial charge < -0.3 is 26.6 Å². The molecule has 1 fully saturated rings. The number of aromatic nitrogens is 2. The number of nitro benzene ring substituents is 1. The standard InChI is InChI=1S/C47H51ClN10O6S2/c1-31(49)46(59)53-32(2)47(60)50-21-20-36(29-65-38-9-4-3-5-10-38)54-42-19-17-39(27-44(42)58(61)62)66(63,64)55-45-41-18-16-37(26-43(41)51-30-52-45)57-24-22-56(23-25-57)28-34-8-6-7-11-40(34)33-12-14-35(48)15-13-33/h3-19,26-27,30-32,36,54H,20-25,28-29,49H2,1-2H3,(H,50,60)(H,53,59)(H,51,52,55)/t31-,32-,36+/m0/s1. The minimum Gasteiger partial charge on any atom is -0.376 e. The number of hydrogen-bond acceptors (Lipinski definition) is 13. The van der Waals surface area contributed by atoms with E-state index in [-0.39, 0.29) is 22.9 Å². The third kappa shape index (κ3) is 12.3. The molecule has 0 bridgehead atoms. The van der Waals surface area contributed by atoms with Gasteiger partial charge in [0, 0.05) is 78.1 Å². The summed E-state index contributed by atoms with van der Waals surface area (Å²) < 4.78 is 30.2. The van der Waals surface area contributed by atoms with Crippen LogP contribution < -0.4 is 31.3 Å². The van der Waals surface area contributed by atoms with Crippen LogP contribution >= 0.6 is 23.4 Å². The number of nitro groups is 1. The first-order valence-corrected chi connectivity index (χ1v) is 24.2. The molecule has 0 unspecified atom stereocenters. The highest BCUT2D eigenvalue weighted by molar-refractivity contribution is 7.99. The maximum atomic E-state index is 13.9. The Kier molecular flexibility index (Phi) is 15.7. The van der Waals surface area contributed by atoms with Gasteiger partial charge in [0.25, 0.3) is 15.7 Å². The molecule has 1 aliphatic heterocycles. The molecule has 1 saturated heterocycles. The van der Waals surface area contributed by atoms with E-state index in [4.69, 9.17) is 17.3 Å². The third-order valence-corrected chi connectivity index (χ3v) is 13.9. The summed E-state index contributed by atoms with van der Waals surface area (Å²) in [7, 11) is -4.37. The molecular weight excluding hydrogens is 900 g/mol.